The molecular weight excluding hydrogens is 751 g/mol. The van der Waals surface area contributed by atoms with Crippen molar-refractivity contribution in [2.45, 2.75) is 0 Å². The predicted molar refractivity (Wildman–Crippen MR) is 263 cm³/mol. The zero-order chi connectivity index (χ0) is 41.0. The fraction of sp³-hybridized carbons (Fsp3) is 0. The van der Waals surface area contributed by atoms with Crippen LogP contribution in [0, 0.1) is 0 Å². The minimum absolute atomic E-state index is 0.896. The molecule has 62 heavy (non-hydrogen) atoms. The monoisotopic (exact) mass is 789 g/mol. The average Bonchev–Trinajstić information content (AvgIpc) is 3.75. The zero-order valence-electron chi connectivity index (χ0n) is 33.9. The smallest absolute Gasteiger partial charge is 0.143 e. The molecule has 0 amide bonds. The van der Waals surface area contributed by atoms with Gasteiger partial charge in [-0.1, -0.05) is 188 Å². The van der Waals surface area contributed by atoms with Crippen LogP contribution in [0.1, 0.15) is 0 Å². The van der Waals surface area contributed by atoms with Gasteiger partial charge in [0.05, 0.1) is 0 Å². The highest BCUT2D eigenvalue weighted by molar-refractivity contribution is 6.22. The summed E-state index contributed by atoms with van der Waals surface area (Å²) in [5, 5.41) is 9.61. The summed E-state index contributed by atoms with van der Waals surface area (Å²) in [5.41, 5.74) is 14.6. The molecular formula is C60H39NO. The molecule has 0 aliphatic rings. The van der Waals surface area contributed by atoms with E-state index >= 15 is 0 Å². The molecule has 0 atom stereocenters. The molecule has 2 heteroatoms. The summed E-state index contributed by atoms with van der Waals surface area (Å²) in [7, 11) is 0. The van der Waals surface area contributed by atoms with Crippen LogP contribution in [0.2, 0.25) is 0 Å². The van der Waals surface area contributed by atoms with Crippen LogP contribution < -0.4 is 4.90 Å². The standard InChI is InChI=1S/C60H39NO/c1-3-14-40(15-4-1)41-26-33-46(34-27-41)61(47-35-28-43(29-36-47)49-24-13-25-56-59(49)55-39-32-42-16-7-8-19-50(42)60(55)62-56)48-37-30-45(31-38-48)58-54-23-12-10-21-52(54)51-20-9-11-22-53(51)57(58)44-17-5-2-6-18-44/h1-39H. The lowest BCUT2D eigenvalue weighted by atomic mass is 9.85. The fourth-order valence-electron chi connectivity index (χ4n) is 9.59. The molecule has 0 N–H and O–H groups in total. The SMILES string of the molecule is c1ccc(-c2ccc(N(c3ccc(-c4c(-c5ccccc5)c5ccccc5c5ccccc45)cc3)c3ccc(-c4cccc5oc6c7ccccc7ccc6c45)cc3)cc2)cc1. The predicted octanol–water partition coefficient (Wildman–Crippen LogP) is 17.2. The lowest BCUT2D eigenvalue weighted by Gasteiger charge is -2.26. The maximum Gasteiger partial charge on any atom is 0.143 e. The van der Waals surface area contributed by atoms with E-state index in [1.54, 1.807) is 0 Å². The fourth-order valence-corrected chi connectivity index (χ4v) is 9.59. The van der Waals surface area contributed by atoms with Gasteiger partial charge in [-0.25, -0.2) is 0 Å². The van der Waals surface area contributed by atoms with Crippen LogP contribution in [0.25, 0.3) is 98.8 Å². The Balaban J connectivity index is 0.993. The highest BCUT2D eigenvalue weighted by Crippen LogP contribution is 2.46. The van der Waals surface area contributed by atoms with E-state index in [-0.39, 0.29) is 0 Å². The Kier molecular flexibility index (Phi) is 8.53. The Morgan fingerprint density at radius 3 is 1.32 bits per heavy atom. The third-order valence-corrected chi connectivity index (χ3v) is 12.5. The van der Waals surface area contributed by atoms with Crippen LogP contribution >= 0.6 is 0 Å². The van der Waals surface area contributed by atoms with Gasteiger partial charge in [-0.2, -0.15) is 0 Å². The van der Waals surface area contributed by atoms with Crippen molar-refractivity contribution >= 4 is 71.3 Å². The largest absolute Gasteiger partial charge is 0.455 e. The number of benzene rings is 11. The first kappa shape index (κ1) is 35.7. The van der Waals surface area contributed by atoms with Gasteiger partial charge in [-0.05, 0) is 120 Å². The highest BCUT2D eigenvalue weighted by Gasteiger charge is 2.20. The number of hydrogen-bond donors (Lipinski definition) is 0. The van der Waals surface area contributed by atoms with E-state index < -0.39 is 0 Å². The van der Waals surface area contributed by atoms with Crippen molar-refractivity contribution in [3.63, 3.8) is 0 Å². The molecule has 12 rings (SSSR count). The maximum absolute atomic E-state index is 6.56. The summed E-state index contributed by atoms with van der Waals surface area (Å²) >= 11 is 0. The number of anilines is 3. The van der Waals surface area contributed by atoms with E-state index in [1.165, 1.54) is 60.3 Å². The molecule has 0 bridgehead atoms. The molecule has 0 aliphatic heterocycles. The van der Waals surface area contributed by atoms with Crippen LogP contribution in [0.15, 0.2) is 241 Å². The van der Waals surface area contributed by atoms with Crippen molar-refractivity contribution in [2.75, 3.05) is 4.90 Å². The van der Waals surface area contributed by atoms with E-state index in [9.17, 15) is 0 Å². The van der Waals surface area contributed by atoms with Gasteiger partial charge in [-0.15, -0.1) is 0 Å². The van der Waals surface area contributed by atoms with Crippen molar-refractivity contribution in [1.82, 2.24) is 0 Å². The molecule has 0 saturated heterocycles. The van der Waals surface area contributed by atoms with E-state index in [0.29, 0.717) is 0 Å². The normalized spacial score (nSPS) is 11.5. The summed E-state index contributed by atoms with van der Waals surface area (Å²) in [6, 6.07) is 85.3. The van der Waals surface area contributed by atoms with Crippen molar-refractivity contribution in [2.24, 2.45) is 0 Å². The molecule has 0 radical (unpaired) electrons. The molecule has 11 aromatic carbocycles. The summed E-state index contributed by atoms with van der Waals surface area (Å²) in [6.07, 6.45) is 0. The summed E-state index contributed by atoms with van der Waals surface area (Å²) in [6.45, 7) is 0. The quantitative estimate of drug-likeness (QED) is 0.150. The Hall–Kier alpha value is -8.20. The van der Waals surface area contributed by atoms with Gasteiger partial charge in [0.15, 0.2) is 0 Å². The van der Waals surface area contributed by atoms with Gasteiger partial charge >= 0.3 is 0 Å². The minimum Gasteiger partial charge on any atom is -0.455 e. The Labute approximate surface area is 360 Å². The maximum atomic E-state index is 6.56. The number of nitrogens with zero attached hydrogens (tertiary/aromatic N) is 1. The second-order valence-corrected chi connectivity index (χ2v) is 16.0. The number of furan rings is 1. The number of hydrogen-bond acceptors (Lipinski definition) is 2. The van der Waals surface area contributed by atoms with Crippen molar-refractivity contribution in [1.29, 1.82) is 0 Å². The summed E-state index contributed by atoms with van der Waals surface area (Å²) in [5.74, 6) is 0. The molecule has 2 nitrogen and oxygen atoms in total. The Morgan fingerprint density at radius 2 is 0.726 bits per heavy atom. The molecule has 0 saturated carbocycles. The minimum atomic E-state index is 0.896. The molecule has 1 heterocycles. The number of fused-ring (bicyclic) bond motifs is 8. The van der Waals surface area contributed by atoms with E-state index in [1.807, 2.05) is 0 Å². The van der Waals surface area contributed by atoms with Crippen LogP contribution in [-0.2, 0) is 0 Å². The molecule has 1 aromatic heterocycles. The van der Waals surface area contributed by atoms with Gasteiger partial charge < -0.3 is 9.32 Å². The third kappa shape index (κ3) is 5.96. The summed E-state index contributed by atoms with van der Waals surface area (Å²) < 4.78 is 6.56. The molecule has 0 fully saturated rings. The molecule has 290 valence electrons. The first-order chi connectivity index (χ1) is 30.8. The third-order valence-electron chi connectivity index (χ3n) is 12.5. The molecule has 12 aromatic rings. The van der Waals surface area contributed by atoms with E-state index in [0.717, 1.165) is 55.5 Å². The Morgan fingerprint density at radius 1 is 0.274 bits per heavy atom. The first-order valence-electron chi connectivity index (χ1n) is 21.3. The van der Waals surface area contributed by atoms with E-state index in [4.69, 9.17) is 4.42 Å². The van der Waals surface area contributed by atoms with Gasteiger partial charge in [0, 0.05) is 33.2 Å². The second kappa shape index (κ2) is 14.8. The van der Waals surface area contributed by atoms with Crippen LogP contribution in [0.4, 0.5) is 17.1 Å². The van der Waals surface area contributed by atoms with Gasteiger partial charge in [0.1, 0.15) is 11.2 Å². The molecule has 0 unspecified atom stereocenters. The highest BCUT2D eigenvalue weighted by atomic mass is 16.3. The zero-order valence-corrected chi connectivity index (χ0v) is 33.9. The lowest BCUT2D eigenvalue weighted by molar-refractivity contribution is 0.673. The van der Waals surface area contributed by atoms with Crippen molar-refractivity contribution < 1.29 is 4.42 Å². The molecule has 0 aliphatic carbocycles. The lowest BCUT2D eigenvalue weighted by Crippen LogP contribution is -2.09. The van der Waals surface area contributed by atoms with Gasteiger partial charge in [-0.3, -0.25) is 0 Å². The van der Waals surface area contributed by atoms with E-state index in [2.05, 4.69) is 241 Å². The Bertz CT molecular complexity index is 3590. The first-order valence-corrected chi connectivity index (χ1v) is 21.3. The van der Waals surface area contributed by atoms with Crippen LogP contribution in [0.3, 0.4) is 0 Å². The van der Waals surface area contributed by atoms with Crippen LogP contribution in [0.5, 0.6) is 0 Å². The van der Waals surface area contributed by atoms with Gasteiger partial charge in [0.25, 0.3) is 0 Å². The van der Waals surface area contributed by atoms with Gasteiger partial charge in [0.2, 0.25) is 0 Å². The number of rotatable bonds is 7. The molecule has 0 spiro atoms. The van der Waals surface area contributed by atoms with Crippen molar-refractivity contribution in [3.05, 3.63) is 237 Å². The van der Waals surface area contributed by atoms with Crippen LogP contribution in [-0.4, -0.2) is 0 Å². The van der Waals surface area contributed by atoms with Crippen molar-refractivity contribution in [3.8, 4) is 44.5 Å². The summed E-state index contributed by atoms with van der Waals surface area (Å²) in [4.78, 5) is 2.36. The topological polar surface area (TPSA) is 16.4 Å². The second-order valence-electron chi connectivity index (χ2n) is 16.0. The average molecular weight is 790 g/mol.